The lowest BCUT2D eigenvalue weighted by Crippen LogP contribution is -2.26. The van der Waals surface area contributed by atoms with Gasteiger partial charge in [0.05, 0.1) is 11.8 Å². The molecule has 9 heteroatoms. The molecule has 0 aliphatic rings. The number of aromatic amines is 1. The van der Waals surface area contributed by atoms with Crippen molar-refractivity contribution in [2.45, 2.75) is 5.03 Å². The normalized spacial score (nSPS) is 12.1. The molecule has 0 spiro atoms. The molecule has 18 heavy (non-hydrogen) atoms. The van der Waals surface area contributed by atoms with Crippen molar-refractivity contribution in [1.82, 2.24) is 19.9 Å². The number of pyridine rings is 1. The zero-order valence-electron chi connectivity index (χ0n) is 8.68. The fourth-order valence-corrected chi connectivity index (χ4v) is 2.26. The summed E-state index contributed by atoms with van der Waals surface area (Å²) in [7, 11) is -1.73. The highest BCUT2D eigenvalue weighted by Gasteiger charge is 2.15. The summed E-state index contributed by atoms with van der Waals surface area (Å²) in [5, 5.41) is 6.51. The number of carbonyl (C=O) groups is 1. The minimum absolute atomic E-state index is 0.0541. The van der Waals surface area contributed by atoms with Crippen molar-refractivity contribution < 1.29 is 9.00 Å². The summed E-state index contributed by atoms with van der Waals surface area (Å²) in [6.45, 7) is 0. The number of aromatic nitrogens is 3. The van der Waals surface area contributed by atoms with Gasteiger partial charge in [0.1, 0.15) is 15.3 Å². The third kappa shape index (κ3) is 2.87. The summed E-state index contributed by atoms with van der Waals surface area (Å²) >= 11 is 11.4. The van der Waals surface area contributed by atoms with Gasteiger partial charge in [-0.05, 0) is 18.2 Å². The van der Waals surface area contributed by atoms with Crippen molar-refractivity contribution in [2.75, 3.05) is 0 Å². The van der Waals surface area contributed by atoms with Crippen molar-refractivity contribution >= 4 is 40.1 Å². The molecule has 0 saturated carbocycles. The lowest BCUT2D eigenvalue weighted by molar-refractivity contribution is 0.0982. The third-order valence-corrected chi connectivity index (χ3v) is 3.42. The second kappa shape index (κ2) is 5.47. The van der Waals surface area contributed by atoms with E-state index in [4.69, 9.17) is 23.2 Å². The molecule has 94 valence electrons. The molecular formula is C9H6Cl2N4O2S. The Labute approximate surface area is 114 Å². The molecule has 6 nitrogen and oxygen atoms in total. The Hall–Kier alpha value is -1.44. The SMILES string of the molecule is O=C(NS(=O)c1ccn[nH]1)c1ccc(Cl)nc1Cl. The van der Waals surface area contributed by atoms with E-state index in [9.17, 15) is 9.00 Å². The number of rotatable bonds is 3. The summed E-state index contributed by atoms with van der Waals surface area (Å²) < 4.78 is 13.9. The van der Waals surface area contributed by atoms with Gasteiger partial charge < -0.3 is 0 Å². The topological polar surface area (TPSA) is 87.7 Å². The van der Waals surface area contributed by atoms with E-state index in [1.165, 1.54) is 24.4 Å². The van der Waals surface area contributed by atoms with Crippen molar-refractivity contribution in [3.05, 3.63) is 40.3 Å². The maximum absolute atomic E-state index is 11.8. The number of nitrogens with one attached hydrogen (secondary N) is 2. The van der Waals surface area contributed by atoms with Crippen LogP contribution in [0.3, 0.4) is 0 Å². The lowest BCUT2D eigenvalue weighted by atomic mass is 10.3. The van der Waals surface area contributed by atoms with Crippen LogP contribution in [0.25, 0.3) is 0 Å². The molecule has 2 rings (SSSR count). The molecule has 2 aromatic heterocycles. The van der Waals surface area contributed by atoms with Gasteiger partial charge in [-0.15, -0.1) is 0 Å². The minimum atomic E-state index is -1.73. The van der Waals surface area contributed by atoms with Crippen LogP contribution in [0.4, 0.5) is 0 Å². The smallest absolute Gasteiger partial charge is 0.266 e. The largest absolute Gasteiger partial charge is 0.268 e. The number of H-pyrrole nitrogens is 1. The van der Waals surface area contributed by atoms with Crippen molar-refractivity contribution in [1.29, 1.82) is 0 Å². The molecule has 2 aromatic rings. The van der Waals surface area contributed by atoms with Gasteiger partial charge in [0.15, 0.2) is 11.0 Å². The fourth-order valence-electron chi connectivity index (χ4n) is 1.12. The van der Waals surface area contributed by atoms with E-state index in [1.54, 1.807) is 0 Å². The fraction of sp³-hybridized carbons (Fsp3) is 0. The van der Waals surface area contributed by atoms with Crippen molar-refractivity contribution in [3.8, 4) is 0 Å². The van der Waals surface area contributed by atoms with Gasteiger partial charge in [-0.1, -0.05) is 23.2 Å². The van der Waals surface area contributed by atoms with E-state index in [1.807, 2.05) is 0 Å². The van der Waals surface area contributed by atoms with E-state index in [0.717, 1.165) is 0 Å². The summed E-state index contributed by atoms with van der Waals surface area (Å²) in [6.07, 6.45) is 1.43. The van der Waals surface area contributed by atoms with Gasteiger partial charge in [-0.2, -0.15) is 5.10 Å². The lowest BCUT2D eigenvalue weighted by Gasteiger charge is -2.04. The van der Waals surface area contributed by atoms with Crippen molar-refractivity contribution in [3.63, 3.8) is 0 Å². The maximum atomic E-state index is 11.8. The average molecular weight is 305 g/mol. The molecule has 0 radical (unpaired) electrons. The molecular weight excluding hydrogens is 299 g/mol. The predicted molar refractivity (Wildman–Crippen MR) is 66.7 cm³/mol. The summed E-state index contributed by atoms with van der Waals surface area (Å²) in [4.78, 5) is 15.5. The first-order valence-electron chi connectivity index (χ1n) is 4.62. The van der Waals surface area contributed by atoms with E-state index in [0.29, 0.717) is 0 Å². The van der Waals surface area contributed by atoms with Crippen LogP contribution in [0.15, 0.2) is 29.4 Å². The first kappa shape index (κ1) is 13.0. The molecule has 0 aliphatic heterocycles. The highest BCUT2D eigenvalue weighted by atomic mass is 35.5. The summed E-state index contributed by atoms with van der Waals surface area (Å²) in [5.74, 6) is -0.614. The number of hydrogen-bond acceptors (Lipinski definition) is 4. The Bertz CT molecular complexity index is 603. The van der Waals surface area contributed by atoms with E-state index < -0.39 is 16.9 Å². The second-order valence-corrected chi connectivity index (χ2v) is 5.02. The molecule has 2 N–H and O–H groups in total. The Morgan fingerprint density at radius 1 is 1.33 bits per heavy atom. The van der Waals surface area contributed by atoms with Gasteiger partial charge >= 0.3 is 0 Å². The zero-order valence-corrected chi connectivity index (χ0v) is 11.0. The monoisotopic (exact) mass is 304 g/mol. The maximum Gasteiger partial charge on any atom is 0.266 e. The number of nitrogens with zero attached hydrogens (tertiary/aromatic N) is 2. The van der Waals surface area contributed by atoms with Crippen molar-refractivity contribution in [2.24, 2.45) is 0 Å². The van der Waals surface area contributed by atoms with Gasteiger partial charge in [0.25, 0.3) is 5.91 Å². The molecule has 0 bridgehead atoms. The van der Waals surface area contributed by atoms with Crippen LogP contribution in [0.2, 0.25) is 10.3 Å². The van der Waals surface area contributed by atoms with Gasteiger partial charge in [-0.3, -0.25) is 14.6 Å². The van der Waals surface area contributed by atoms with Gasteiger partial charge in [0, 0.05) is 0 Å². The highest BCUT2D eigenvalue weighted by Crippen LogP contribution is 2.16. The second-order valence-electron chi connectivity index (χ2n) is 3.09. The average Bonchev–Trinajstić information content (AvgIpc) is 2.81. The predicted octanol–water partition coefficient (Wildman–Crippen LogP) is 1.56. The highest BCUT2D eigenvalue weighted by molar-refractivity contribution is 7.83. The number of amides is 1. The molecule has 0 fully saturated rings. The number of carbonyl (C=O) groups excluding carboxylic acids is 1. The Morgan fingerprint density at radius 3 is 2.72 bits per heavy atom. The Kier molecular flexibility index (Phi) is 3.95. The molecule has 1 amide bonds. The molecule has 1 atom stereocenters. The molecule has 0 aliphatic carbocycles. The van der Waals surface area contributed by atoms with Gasteiger partial charge in [0.2, 0.25) is 0 Å². The quantitative estimate of drug-likeness (QED) is 0.842. The third-order valence-electron chi connectivity index (χ3n) is 1.92. The van der Waals surface area contributed by atoms with Gasteiger partial charge in [-0.25, -0.2) is 9.19 Å². The Balaban J connectivity index is 2.15. The van der Waals surface area contributed by atoms with E-state index in [-0.39, 0.29) is 20.9 Å². The molecule has 0 aromatic carbocycles. The van der Waals surface area contributed by atoms with E-state index in [2.05, 4.69) is 19.9 Å². The summed E-state index contributed by atoms with van der Waals surface area (Å²) in [6, 6.07) is 4.30. The number of halogens is 2. The van der Waals surface area contributed by atoms with Crippen LogP contribution >= 0.6 is 23.2 Å². The number of hydrogen-bond donors (Lipinski definition) is 2. The van der Waals surface area contributed by atoms with E-state index >= 15 is 0 Å². The molecule has 1 unspecified atom stereocenters. The zero-order chi connectivity index (χ0) is 13.1. The molecule has 0 saturated heterocycles. The van der Waals surface area contributed by atoms with Crippen LogP contribution in [-0.2, 0) is 11.0 Å². The standard InChI is InChI=1S/C9H6Cl2N4O2S/c10-6-2-1-5(8(11)13-6)9(16)15-18(17)7-3-4-12-14-7/h1-4H,(H,12,14)(H,15,16). The van der Waals surface area contributed by atoms with Crippen LogP contribution in [-0.4, -0.2) is 25.3 Å². The molecule has 2 heterocycles. The van der Waals surface area contributed by atoms with Crippen LogP contribution in [0, 0.1) is 0 Å². The van der Waals surface area contributed by atoms with Crippen LogP contribution < -0.4 is 4.72 Å². The van der Waals surface area contributed by atoms with Crippen LogP contribution in [0.1, 0.15) is 10.4 Å². The minimum Gasteiger partial charge on any atom is -0.268 e. The van der Waals surface area contributed by atoms with Crippen LogP contribution in [0.5, 0.6) is 0 Å². The summed E-state index contributed by atoms with van der Waals surface area (Å²) in [5.41, 5.74) is 0.0916. The Morgan fingerprint density at radius 2 is 2.11 bits per heavy atom. The first-order valence-corrected chi connectivity index (χ1v) is 6.52. The first-order chi connectivity index (χ1) is 8.58.